The lowest BCUT2D eigenvalue weighted by Crippen LogP contribution is -2.65. The molecule has 0 spiro atoms. The second-order valence-corrected chi connectivity index (χ2v) is 27.9. The van der Waals surface area contributed by atoms with Crippen LogP contribution >= 0.6 is 0 Å². The summed E-state index contributed by atoms with van der Waals surface area (Å²) in [5.74, 6) is -0.230. The van der Waals surface area contributed by atoms with Crippen LogP contribution in [0.3, 0.4) is 0 Å². The van der Waals surface area contributed by atoms with Gasteiger partial charge in [0, 0.05) is 6.42 Å². The summed E-state index contributed by atoms with van der Waals surface area (Å²) in [5.41, 5.74) is 0. The van der Waals surface area contributed by atoms with Crippen molar-refractivity contribution in [3.05, 3.63) is 12.2 Å². The van der Waals surface area contributed by atoms with Crippen molar-refractivity contribution in [1.29, 1.82) is 0 Å². The maximum Gasteiger partial charge on any atom is 0.220 e. The van der Waals surface area contributed by atoms with Gasteiger partial charge in [-0.3, -0.25) is 4.79 Å². The number of aliphatic hydroxyl groups is 8. The normalized spacial score (nSPS) is 22.9. The van der Waals surface area contributed by atoms with Gasteiger partial charge in [0.15, 0.2) is 12.6 Å². The highest BCUT2D eigenvalue weighted by molar-refractivity contribution is 5.76. The van der Waals surface area contributed by atoms with Crippen molar-refractivity contribution in [2.24, 2.45) is 0 Å². The number of carbonyl (C=O) groups excluding carboxylic acids is 1. The molecule has 2 aliphatic rings. The average molecular weight is 1280 g/mol. The Labute approximate surface area is 552 Å². The Bertz CT molecular complexity index is 1560. The number of unbranched alkanes of at least 4 members (excludes halogenated alkanes) is 53. The van der Waals surface area contributed by atoms with Crippen molar-refractivity contribution in [2.45, 2.75) is 447 Å². The molecule has 1 amide bonds. The lowest BCUT2D eigenvalue weighted by Gasteiger charge is -2.46. The molecule has 0 aromatic rings. The van der Waals surface area contributed by atoms with Gasteiger partial charge in [-0.15, -0.1) is 0 Å². The third kappa shape index (κ3) is 44.5. The van der Waals surface area contributed by atoms with Gasteiger partial charge in [-0.2, -0.15) is 0 Å². The van der Waals surface area contributed by atoms with Crippen LogP contribution in [0.25, 0.3) is 0 Å². The summed E-state index contributed by atoms with van der Waals surface area (Å²) in [4.78, 5) is 13.4. The minimum Gasteiger partial charge on any atom is -0.394 e. The van der Waals surface area contributed by atoms with E-state index in [4.69, 9.17) is 18.9 Å². The quantitative estimate of drug-likeness (QED) is 0.0204. The lowest BCUT2D eigenvalue weighted by atomic mass is 9.97. The third-order valence-corrected chi connectivity index (χ3v) is 19.5. The van der Waals surface area contributed by atoms with Crippen LogP contribution in [0.15, 0.2) is 12.2 Å². The van der Waals surface area contributed by atoms with E-state index in [9.17, 15) is 45.6 Å². The fourth-order valence-electron chi connectivity index (χ4n) is 13.3. The topological polar surface area (TPSA) is 228 Å². The van der Waals surface area contributed by atoms with Crippen molar-refractivity contribution in [3.63, 3.8) is 0 Å². The zero-order valence-electron chi connectivity index (χ0n) is 58.4. The first-order chi connectivity index (χ1) is 44.1. The van der Waals surface area contributed by atoms with E-state index < -0.39 is 86.8 Å². The van der Waals surface area contributed by atoms with E-state index in [1.807, 2.05) is 6.08 Å². The van der Waals surface area contributed by atoms with Crippen LogP contribution in [-0.4, -0.2) is 140 Å². The average Bonchev–Trinajstić information content (AvgIpc) is 3.74. The first kappa shape index (κ1) is 84.8. The molecule has 90 heavy (non-hydrogen) atoms. The van der Waals surface area contributed by atoms with Crippen molar-refractivity contribution in [2.75, 3.05) is 19.8 Å². The molecule has 2 heterocycles. The number of amides is 1. The number of carbonyl (C=O) groups is 1. The molecule has 2 rings (SSSR count). The lowest BCUT2D eigenvalue weighted by molar-refractivity contribution is -0.359. The number of hydrogen-bond donors (Lipinski definition) is 9. The summed E-state index contributed by atoms with van der Waals surface area (Å²) >= 11 is 0. The molecule has 9 N–H and O–H groups in total. The highest BCUT2D eigenvalue weighted by Gasteiger charge is 2.51. The van der Waals surface area contributed by atoms with Crippen LogP contribution in [-0.2, 0) is 23.7 Å². The number of allylic oxidation sites excluding steroid dienone is 1. The molecule has 0 aromatic carbocycles. The van der Waals surface area contributed by atoms with Crippen LogP contribution in [0.1, 0.15) is 373 Å². The number of hydrogen-bond acceptors (Lipinski definition) is 13. The number of nitrogens with one attached hydrogen (secondary N) is 1. The Morgan fingerprint density at radius 2 is 0.689 bits per heavy atom. The minimum absolute atomic E-state index is 0.230. The zero-order valence-corrected chi connectivity index (χ0v) is 58.4. The summed E-state index contributed by atoms with van der Waals surface area (Å²) in [6.07, 6.45) is 60.2. The molecular weight excluding hydrogens is 1130 g/mol. The van der Waals surface area contributed by atoms with Gasteiger partial charge in [0.2, 0.25) is 5.91 Å². The fraction of sp³-hybridized carbons (Fsp3) is 0.961. The van der Waals surface area contributed by atoms with Gasteiger partial charge in [-0.05, 0) is 19.3 Å². The van der Waals surface area contributed by atoms with Gasteiger partial charge in [0.05, 0.1) is 32.0 Å². The summed E-state index contributed by atoms with van der Waals surface area (Å²) in [5, 5.41) is 87.5. The Morgan fingerprint density at radius 3 is 1.02 bits per heavy atom. The standard InChI is InChI=1S/C76H147NO13/c1-3-5-7-9-11-13-15-17-19-21-23-25-26-27-28-29-30-31-32-33-34-35-36-37-38-39-40-42-44-46-48-50-52-54-56-58-60-68(81)77-64(65(80)59-57-55-53-51-49-47-45-43-41-24-22-20-18-16-14-12-10-8-6-4-2)63-87-75-73(86)71(84)74(67(62-79)89-75)90-76-72(85)70(83)69(82)66(61-78)88-76/h57,59,64-67,69-76,78-80,82-86H,3-56,58,60-63H2,1-2H3,(H,77,81)/b59-57+. The molecule has 0 aliphatic carbocycles. The summed E-state index contributed by atoms with van der Waals surface area (Å²) in [6.45, 7) is 2.87. The minimum atomic E-state index is -1.79. The zero-order chi connectivity index (χ0) is 65.2. The third-order valence-electron chi connectivity index (χ3n) is 19.5. The predicted octanol–water partition coefficient (Wildman–Crippen LogP) is 16.9. The Kier molecular flexibility index (Phi) is 57.8. The Hall–Kier alpha value is -1.27. The van der Waals surface area contributed by atoms with Crippen molar-refractivity contribution < 1.29 is 64.6 Å². The molecule has 14 heteroatoms. The Morgan fingerprint density at radius 1 is 0.389 bits per heavy atom. The molecule has 0 saturated carbocycles. The molecular formula is C76H147NO13. The number of ether oxygens (including phenoxy) is 4. The van der Waals surface area contributed by atoms with E-state index in [0.29, 0.717) is 0 Å². The maximum atomic E-state index is 13.4. The van der Waals surface area contributed by atoms with E-state index >= 15 is 0 Å². The molecule has 2 saturated heterocycles. The van der Waals surface area contributed by atoms with Crippen LogP contribution in [0.2, 0.25) is 0 Å². The predicted molar refractivity (Wildman–Crippen MR) is 369 cm³/mol. The van der Waals surface area contributed by atoms with E-state index in [1.54, 1.807) is 6.08 Å². The van der Waals surface area contributed by atoms with Crippen molar-refractivity contribution >= 4 is 5.91 Å². The van der Waals surface area contributed by atoms with Crippen LogP contribution in [0, 0.1) is 0 Å². The number of rotatable bonds is 66. The van der Waals surface area contributed by atoms with Crippen LogP contribution < -0.4 is 5.32 Å². The van der Waals surface area contributed by atoms with Gasteiger partial charge in [0.1, 0.15) is 48.8 Å². The summed E-state index contributed by atoms with van der Waals surface area (Å²) in [7, 11) is 0. The largest absolute Gasteiger partial charge is 0.394 e. The second kappa shape index (κ2) is 61.3. The first-order valence-corrected chi connectivity index (χ1v) is 38.9. The highest BCUT2D eigenvalue weighted by Crippen LogP contribution is 2.30. The van der Waals surface area contributed by atoms with Gasteiger partial charge in [0.25, 0.3) is 0 Å². The molecule has 534 valence electrons. The monoisotopic (exact) mass is 1280 g/mol. The molecule has 12 unspecified atom stereocenters. The van der Waals surface area contributed by atoms with E-state index in [-0.39, 0.29) is 18.9 Å². The molecule has 14 nitrogen and oxygen atoms in total. The summed E-state index contributed by atoms with van der Waals surface area (Å²) in [6, 6.07) is -0.911. The number of aliphatic hydroxyl groups excluding tert-OH is 8. The molecule has 0 aromatic heterocycles. The molecule has 2 aliphatic heterocycles. The first-order valence-electron chi connectivity index (χ1n) is 38.9. The van der Waals surface area contributed by atoms with Crippen molar-refractivity contribution in [3.8, 4) is 0 Å². The van der Waals surface area contributed by atoms with E-state index in [2.05, 4.69) is 19.2 Å². The van der Waals surface area contributed by atoms with Crippen molar-refractivity contribution in [1.82, 2.24) is 5.32 Å². The van der Waals surface area contributed by atoms with E-state index in [0.717, 1.165) is 44.9 Å². The SMILES string of the molecule is CCCCCCCCCCCCCCCCCCCC/C=C/C(O)C(COC1OC(CO)C(OC2OC(CO)C(O)C(O)C2O)C(O)C1O)NC(=O)CCCCCCCCCCCCCCCCCCCCCCCCCCCCCCCCCCCCCC. The van der Waals surface area contributed by atoms with E-state index in [1.165, 1.54) is 308 Å². The van der Waals surface area contributed by atoms with Crippen LogP contribution in [0.4, 0.5) is 0 Å². The van der Waals surface area contributed by atoms with Crippen LogP contribution in [0.5, 0.6) is 0 Å². The van der Waals surface area contributed by atoms with Gasteiger partial charge >= 0.3 is 0 Å². The Balaban J connectivity index is 1.58. The second-order valence-electron chi connectivity index (χ2n) is 27.9. The van der Waals surface area contributed by atoms with Gasteiger partial charge in [-0.25, -0.2) is 0 Å². The molecule has 0 bridgehead atoms. The smallest absolute Gasteiger partial charge is 0.220 e. The summed E-state index contributed by atoms with van der Waals surface area (Å²) < 4.78 is 22.9. The molecule has 12 atom stereocenters. The molecule has 0 radical (unpaired) electrons. The highest BCUT2D eigenvalue weighted by atomic mass is 16.7. The van der Waals surface area contributed by atoms with Gasteiger partial charge in [-0.1, -0.05) is 360 Å². The maximum absolute atomic E-state index is 13.4. The molecule has 2 fully saturated rings. The van der Waals surface area contributed by atoms with Gasteiger partial charge < -0.3 is 65.1 Å². The fourth-order valence-corrected chi connectivity index (χ4v) is 13.3.